The van der Waals surface area contributed by atoms with Crippen molar-refractivity contribution in [3.63, 3.8) is 0 Å². The lowest BCUT2D eigenvalue weighted by Crippen LogP contribution is -2.21. The summed E-state index contributed by atoms with van der Waals surface area (Å²) in [6.07, 6.45) is 0. The standard InChI is InChI=1S/C5H13Si3/c1-8(2,3)5-7-4-6/h4-5H2,1-3H3. The van der Waals surface area contributed by atoms with Crippen LogP contribution in [0.4, 0.5) is 0 Å². The average Bonchev–Trinajstić information content (AvgIpc) is 1.59. The van der Waals surface area contributed by atoms with E-state index in [1.54, 1.807) is 0 Å². The Hall–Kier alpha value is 0.651. The third kappa shape index (κ3) is 6.65. The molecule has 5 radical (unpaired) electrons. The van der Waals surface area contributed by atoms with E-state index in [9.17, 15) is 0 Å². The van der Waals surface area contributed by atoms with E-state index in [4.69, 9.17) is 0 Å². The van der Waals surface area contributed by atoms with Crippen LogP contribution in [0.5, 0.6) is 0 Å². The van der Waals surface area contributed by atoms with Crippen LogP contribution in [0.15, 0.2) is 0 Å². The quantitative estimate of drug-likeness (QED) is 0.545. The van der Waals surface area contributed by atoms with Gasteiger partial charge in [-0.15, -0.1) is 0 Å². The van der Waals surface area contributed by atoms with Crippen LogP contribution < -0.4 is 0 Å². The van der Waals surface area contributed by atoms with Gasteiger partial charge in [0.2, 0.25) is 0 Å². The second kappa shape index (κ2) is 3.63. The Morgan fingerprint density at radius 2 is 1.88 bits per heavy atom. The van der Waals surface area contributed by atoms with Crippen molar-refractivity contribution in [1.82, 2.24) is 0 Å². The van der Waals surface area contributed by atoms with Gasteiger partial charge in [-0.1, -0.05) is 31.0 Å². The molecule has 0 aromatic rings. The summed E-state index contributed by atoms with van der Waals surface area (Å²) in [6, 6.07) is 0. The molecule has 0 bridgehead atoms. The van der Waals surface area contributed by atoms with Crippen molar-refractivity contribution < 1.29 is 0 Å². The number of rotatable bonds is 3. The summed E-state index contributed by atoms with van der Waals surface area (Å²) in [5, 5.41) is 0. The molecule has 0 rings (SSSR count). The zero-order valence-electron chi connectivity index (χ0n) is 5.91. The van der Waals surface area contributed by atoms with E-state index in [1.807, 2.05) is 0 Å². The zero-order valence-corrected chi connectivity index (χ0v) is 8.91. The van der Waals surface area contributed by atoms with Crippen molar-refractivity contribution in [3.05, 3.63) is 0 Å². The van der Waals surface area contributed by atoms with E-state index >= 15 is 0 Å². The van der Waals surface area contributed by atoms with Gasteiger partial charge >= 0.3 is 0 Å². The second-order valence-corrected chi connectivity index (χ2v) is 11.6. The Balaban J connectivity index is 3.11. The molecule has 0 aromatic heterocycles. The average molecular weight is 157 g/mol. The van der Waals surface area contributed by atoms with Gasteiger partial charge in [0.15, 0.2) is 0 Å². The van der Waals surface area contributed by atoms with Gasteiger partial charge in [-0.25, -0.2) is 0 Å². The number of hydrogen-bond donors (Lipinski definition) is 0. The van der Waals surface area contributed by atoms with Crippen LogP contribution in [-0.4, -0.2) is 27.8 Å². The molecule has 0 saturated heterocycles. The Morgan fingerprint density at radius 3 is 2.00 bits per heavy atom. The highest BCUT2D eigenvalue weighted by atomic mass is 28.4. The van der Waals surface area contributed by atoms with Crippen molar-refractivity contribution in [2.75, 3.05) is 0 Å². The summed E-state index contributed by atoms with van der Waals surface area (Å²) in [7, 11) is 3.92. The third-order valence-electron chi connectivity index (χ3n) is 0.780. The molecule has 0 atom stereocenters. The van der Waals surface area contributed by atoms with Gasteiger partial charge in [0.25, 0.3) is 0 Å². The molecule has 0 aromatic carbocycles. The fraction of sp³-hybridized carbons (Fsp3) is 1.00. The van der Waals surface area contributed by atoms with Crippen molar-refractivity contribution in [3.8, 4) is 0 Å². The summed E-state index contributed by atoms with van der Waals surface area (Å²) >= 11 is 0. The van der Waals surface area contributed by atoms with Crippen molar-refractivity contribution in [1.29, 1.82) is 0 Å². The molecule has 0 N–H and O–H groups in total. The predicted octanol–water partition coefficient (Wildman–Crippen LogP) is 1.53. The third-order valence-corrected chi connectivity index (χ3v) is 7.02. The smallest absolute Gasteiger partial charge is 0.0412 e. The second-order valence-electron chi connectivity index (χ2n) is 3.16. The molecule has 8 heavy (non-hydrogen) atoms. The van der Waals surface area contributed by atoms with Crippen LogP contribution in [0.1, 0.15) is 0 Å². The van der Waals surface area contributed by atoms with E-state index in [2.05, 4.69) is 29.9 Å². The van der Waals surface area contributed by atoms with Gasteiger partial charge < -0.3 is 0 Å². The molecule has 0 fully saturated rings. The normalized spacial score (nSPS) is 12.0. The molecule has 0 saturated carbocycles. The summed E-state index contributed by atoms with van der Waals surface area (Å²) < 4.78 is 0. The molecule has 45 valence electrons. The molecule has 0 amide bonds. The Morgan fingerprint density at radius 1 is 1.38 bits per heavy atom. The van der Waals surface area contributed by atoms with E-state index in [1.165, 1.54) is 11.3 Å². The fourth-order valence-corrected chi connectivity index (χ4v) is 5.06. The first-order valence-electron chi connectivity index (χ1n) is 2.91. The van der Waals surface area contributed by atoms with Crippen molar-refractivity contribution in [2.24, 2.45) is 0 Å². The minimum Gasteiger partial charge on any atom is -0.0718 e. The largest absolute Gasteiger partial charge is 0.0718 e. The Kier molecular flexibility index (Phi) is 3.93. The maximum atomic E-state index is 3.48. The SMILES string of the molecule is C[Si](C)(C)C[Si]C[Si]. The Labute approximate surface area is 59.3 Å². The van der Waals surface area contributed by atoms with Crippen LogP contribution in [0.25, 0.3) is 0 Å². The highest BCUT2D eigenvalue weighted by Crippen LogP contribution is 2.05. The molecule has 0 aliphatic carbocycles. The summed E-state index contributed by atoms with van der Waals surface area (Å²) in [5.74, 6) is 0. The van der Waals surface area contributed by atoms with Gasteiger partial charge in [-0.2, -0.15) is 0 Å². The van der Waals surface area contributed by atoms with Crippen molar-refractivity contribution in [2.45, 2.75) is 31.0 Å². The minimum atomic E-state index is -0.697. The first-order valence-corrected chi connectivity index (χ1v) is 8.74. The fourth-order valence-electron chi connectivity index (χ4n) is 0.437. The molecule has 0 unspecified atom stereocenters. The van der Waals surface area contributed by atoms with Crippen LogP contribution in [0.2, 0.25) is 31.0 Å². The zero-order chi connectivity index (χ0) is 6.62. The summed E-state index contributed by atoms with van der Waals surface area (Å²) in [6.45, 7) is 7.26. The van der Waals surface area contributed by atoms with E-state index in [0.717, 1.165) is 9.52 Å². The van der Waals surface area contributed by atoms with Gasteiger partial charge in [-0.3, -0.25) is 0 Å². The lowest BCUT2D eigenvalue weighted by atomic mass is 11.7. The molecule has 0 heterocycles. The molecule has 0 spiro atoms. The lowest BCUT2D eigenvalue weighted by molar-refractivity contribution is 1.62. The molecular weight excluding hydrogens is 144 g/mol. The van der Waals surface area contributed by atoms with Crippen molar-refractivity contribution >= 4 is 27.8 Å². The molecule has 0 nitrogen and oxygen atoms in total. The van der Waals surface area contributed by atoms with E-state index in [0.29, 0.717) is 0 Å². The van der Waals surface area contributed by atoms with Gasteiger partial charge in [0.1, 0.15) is 0 Å². The lowest BCUT2D eigenvalue weighted by Gasteiger charge is -2.13. The molecule has 3 heteroatoms. The van der Waals surface area contributed by atoms with Crippen LogP contribution in [0.3, 0.4) is 0 Å². The summed E-state index contributed by atoms with van der Waals surface area (Å²) in [5.41, 5.74) is 2.68. The maximum Gasteiger partial charge on any atom is 0.0412 e. The highest BCUT2D eigenvalue weighted by Gasteiger charge is 2.10. The van der Waals surface area contributed by atoms with Gasteiger partial charge in [0, 0.05) is 27.8 Å². The van der Waals surface area contributed by atoms with Gasteiger partial charge in [0.05, 0.1) is 0 Å². The molecular formula is C5H13Si3. The van der Waals surface area contributed by atoms with E-state index in [-0.39, 0.29) is 0 Å². The molecule has 0 aliphatic rings. The predicted molar refractivity (Wildman–Crippen MR) is 44.5 cm³/mol. The first-order chi connectivity index (χ1) is 3.56. The van der Waals surface area contributed by atoms with Crippen LogP contribution in [-0.2, 0) is 0 Å². The molecule has 0 aliphatic heterocycles. The maximum absolute atomic E-state index is 3.48. The number of hydrogen-bond acceptors (Lipinski definition) is 0. The minimum absolute atomic E-state index is 0.697. The van der Waals surface area contributed by atoms with Crippen LogP contribution in [0, 0.1) is 0 Å². The monoisotopic (exact) mass is 157 g/mol. The van der Waals surface area contributed by atoms with Crippen LogP contribution >= 0.6 is 0 Å². The Bertz CT molecular complexity index is 55.2. The highest BCUT2D eigenvalue weighted by molar-refractivity contribution is 6.83. The topological polar surface area (TPSA) is 0 Å². The first kappa shape index (κ1) is 8.65. The van der Waals surface area contributed by atoms with Gasteiger partial charge in [-0.05, 0) is 0 Å². The summed E-state index contributed by atoms with van der Waals surface area (Å²) in [4.78, 5) is 0. The van der Waals surface area contributed by atoms with E-state index < -0.39 is 8.07 Å².